The summed E-state index contributed by atoms with van der Waals surface area (Å²) in [6.45, 7) is 8.87. The Kier molecular flexibility index (Phi) is 7.32. The van der Waals surface area contributed by atoms with Crippen molar-refractivity contribution in [3.05, 3.63) is 35.4 Å². The lowest BCUT2D eigenvalue weighted by Crippen LogP contribution is -2.22. The van der Waals surface area contributed by atoms with Crippen molar-refractivity contribution in [1.82, 2.24) is 25.5 Å². The number of nitrogens with one attached hydrogen (secondary N) is 1. The molecule has 1 N–H and O–H groups in total. The van der Waals surface area contributed by atoms with Crippen LogP contribution < -0.4 is 5.32 Å². The van der Waals surface area contributed by atoms with E-state index in [4.69, 9.17) is 0 Å². The molecule has 1 amide bonds. The van der Waals surface area contributed by atoms with Gasteiger partial charge in [0, 0.05) is 25.6 Å². The quantitative estimate of drug-likeness (QED) is 0.535. The van der Waals surface area contributed by atoms with Gasteiger partial charge in [-0.25, -0.2) is 4.68 Å². The molecule has 2 aromatic rings. The van der Waals surface area contributed by atoms with Crippen LogP contribution in [0.1, 0.15) is 43.6 Å². The van der Waals surface area contributed by atoms with Crippen molar-refractivity contribution in [2.45, 2.75) is 51.1 Å². The van der Waals surface area contributed by atoms with Crippen molar-refractivity contribution in [3.8, 4) is 0 Å². The predicted octanol–water partition coefficient (Wildman–Crippen LogP) is 2.37. The Morgan fingerprint density at radius 1 is 1.19 bits per heavy atom. The van der Waals surface area contributed by atoms with Crippen LogP contribution in [0.15, 0.2) is 29.4 Å². The van der Waals surface area contributed by atoms with Crippen LogP contribution in [-0.2, 0) is 17.8 Å². The van der Waals surface area contributed by atoms with Gasteiger partial charge in [0.05, 0.1) is 5.25 Å². The van der Waals surface area contributed by atoms with Crippen molar-refractivity contribution >= 4 is 23.5 Å². The maximum atomic E-state index is 12.7. The first-order valence-corrected chi connectivity index (χ1v) is 9.55. The molecule has 0 radical (unpaired) electrons. The Bertz CT molecular complexity index is 742. The zero-order valence-corrected chi connectivity index (χ0v) is 16.4. The number of rotatable bonds is 9. The molecule has 1 atom stereocenters. The Morgan fingerprint density at radius 3 is 2.50 bits per heavy atom. The Morgan fingerprint density at radius 2 is 1.88 bits per heavy atom. The summed E-state index contributed by atoms with van der Waals surface area (Å²) in [5, 5.41) is 14.9. The van der Waals surface area contributed by atoms with Crippen molar-refractivity contribution < 1.29 is 9.59 Å². The molecule has 0 aliphatic rings. The molecule has 1 aromatic heterocycles. The van der Waals surface area contributed by atoms with Gasteiger partial charge >= 0.3 is 0 Å². The third kappa shape index (κ3) is 5.94. The fourth-order valence-electron chi connectivity index (χ4n) is 2.41. The number of benzene rings is 1. The lowest BCUT2D eigenvalue weighted by molar-refractivity contribution is -0.118. The SMILES string of the molecule is CC(=O)NCCc1ccc(C(=O)C(C)Sc2nnnn2CC(C)C)cc1. The molecule has 26 heavy (non-hydrogen) atoms. The van der Waals surface area contributed by atoms with Crippen molar-refractivity contribution in [2.75, 3.05) is 6.54 Å². The van der Waals surface area contributed by atoms with Crippen LogP contribution in [0.4, 0.5) is 0 Å². The Labute approximate surface area is 157 Å². The van der Waals surface area contributed by atoms with Crippen LogP contribution in [0.2, 0.25) is 0 Å². The Balaban J connectivity index is 1.95. The molecule has 140 valence electrons. The van der Waals surface area contributed by atoms with Gasteiger partial charge < -0.3 is 5.32 Å². The van der Waals surface area contributed by atoms with Crippen molar-refractivity contribution in [1.29, 1.82) is 0 Å². The van der Waals surface area contributed by atoms with Crippen LogP contribution in [0, 0.1) is 5.92 Å². The largest absolute Gasteiger partial charge is 0.356 e. The van der Waals surface area contributed by atoms with E-state index in [2.05, 4.69) is 34.7 Å². The number of ketones is 1. The standard InChI is InChI=1S/C18H25N5O2S/c1-12(2)11-23-18(20-21-22-23)26-13(3)17(25)16-7-5-15(6-8-16)9-10-19-14(4)24/h5-8,12-13H,9-11H2,1-4H3,(H,19,24). The van der Waals surface area contributed by atoms with Crippen molar-refractivity contribution in [3.63, 3.8) is 0 Å². The third-order valence-electron chi connectivity index (χ3n) is 3.71. The molecule has 1 heterocycles. The van der Waals surface area contributed by atoms with Crippen LogP contribution in [-0.4, -0.2) is 43.7 Å². The molecule has 7 nitrogen and oxygen atoms in total. The van der Waals surface area contributed by atoms with Gasteiger partial charge in [0.25, 0.3) is 0 Å². The Hall–Kier alpha value is -2.22. The maximum Gasteiger partial charge on any atom is 0.216 e. The molecule has 0 spiro atoms. The fourth-order valence-corrected chi connectivity index (χ4v) is 3.28. The highest BCUT2D eigenvalue weighted by molar-refractivity contribution is 8.00. The van der Waals surface area contributed by atoms with Crippen LogP contribution in [0.3, 0.4) is 0 Å². The summed E-state index contributed by atoms with van der Waals surface area (Å²) in [6, 6.07) is 7.52. The first-order chi connectivity index (χ1) is 12.4. The van der Waals surface area contributed by atoms with E-state index < -0.39 is 0 Å². The molecule has 0 saturated heterocycles. The fraction of sp³-hybridized carbons (Fsp3) is 0.500. The number of amides is 1. The van der Waals surface area contributed by atoms with Gasteiger partial charge in [-0.2, -0.15) is 0 Å². The van der Waals surface area contributed by atoms with E-state index >= 15 is 0 Å². The third-order valence-corrected chi connectivity index (χ3v) is 4.79. The van der Waals surface area contributed by atoms with E-state index in [1.165, 1.54) is 18.7 Å². The monoisotopic (exact) mass is 375 g/mol. The second-order valence-electron chi connectivity index (χ2n) is 6.59. The number of Topliss-reactive ketones (excluding diaryl/α,β-unsaturated/α-hetero) is 1. The first-order valence-electron chi connectivity index (χ1n) is 8.67. The van der Waals surface area contributed by atoms with Crippen LogP contribution >= 0.6 is 11.8 Å². The summed E-state index contributed by atoms with van der Waals surface area (Å²) in [5.41, 5.74) is 1.74. The van der Waals surface area contributed by atoms with E-state index in [-0.39, 0.29) is 16.9 Å². The van der Waals surface area contributed by atoms with Gasteiger partial charge in [0.1, 0.15) is 0 Å². The normalized spacial score (nSPS) is 12.2. The molecule has 0 aliphatic heterocycles. The summed E-state index contributed by atoms with van der Waals surface area (Å²) < 4.78 is 1.74. The number of nitrogens with zero attached hydrogens (tertiary/aromatic N) is 4. The number of hydrogen-bond acceptors (Lipinski definition) is 6. The van der Waals surface area contributed by atoms with Gasteiger partial charge in [-0.15, -0.1) is 5.10 Å². The minimum Gasteiger partial charge on any atom is -0.356 e. The van der Waals surface area contributed by atoms with Gasteiger partial charge in [0.15, 0.2) is 5.78 Å². The lowest BCUT2D eigenvalue weighted by atomic mass is 10.0. The van der Waals surface area contributed by atoms with E-state index in [0.717, 1.165) is 18.5 Å². The molecule has 1 aromatic carbocycles. The van der Waals surface area contributed by atoms with Crippen LogP contribution in [0.5, 0.6) is 0 Å². The summed E-state index contributed by atoms with van der Waals surface area (Å²) in [6.07, 6.45) is 0.738. The first kappa shape index (κ1) is 20.1. The van der Waals surface area contributed by atoms with Gasteiger partial charge in [-0.1, -0.05) is 49.9 Å². The number of tetrazole rings is 1. The van der Waals surface area contributed by atoms with E-state index in [1.54, 1.807) is 4.68 Å². The van der Waals surface area contributed by atoms with E-state index in [0.29, 0.717) is 23.2 Å². The predicted molar refractivity (Wildman–Crippen MR) is 101 cm³/mol. The summed E-state index contributed by atoms with van der Waals surface area (Å²) in [7, 11) is 0. The molecule has 0 bridgehead atoms. The summed E-state index contributed by atoms with van der Waals surface area (Å²) in [5.74, 6) is 0.429. The highest BCUT2D eigenvalue weighted by Crippen LogP contribution is 2.24. The molecule has 1 unspecified atom stereocenters. The van der Waals surface area contributed by atoms with Crippen LogP contribution in [0.25, 0.3) is 0 Å². The number of carbonyl (C=O) groups excluding carboxylic acids is 2. The number of thioether (sulfide) groups is 1. The minimum atomic E-state index is -0.280. The zero-order valence-electron chi connectivity index (χ0n) is 15.6. The molecular formula is C18H25N5O2S. The van der Waals surface area contributed by atoms with Crippen molar-refractivity contribution in [2.24, 2.45) is 5.92 Å². The molecular weight excluding hydrogens is 350 g/mol. The molecule has 0 saturated carbocycles. The van der Waals surface area contributed by atoms with Gasteiger partial charge in [-0.3, -0.25) is 9.59 Å². The van der Waals surface area contributed by atoms with Gasteiger partial charge in [-0.05, 0) is 35.3 Å². The smallest absolute Gasteiger partial charge is 0.216 e. The minimum absolute atomic E-state index is 0.0394. The molecule has 2 rings (SSSR count). The molecule has 8 heteroatoms. The maximum absolute atomic E-state index is 12.7. The average molecular weight is 375 g/mol. The summed E-state index contributed by atoms with van der Waals surface area (Å²) in [4.78, 5) is 23.6. The van der Waals surface area contributed by atoms with Gasteiger partial charge in [0.2, 0.25) is 11.1 Å². The number of carbonyl (C=O) groups is 2. The van der Waals surface area contributed by atoms with E-state index in [9.17, 15) is 9.59 Å². The lowest BCUT2D eigenvalue weighted by Gasteiger charge is -2.11. The molecule has 0 fully saturated rings. The highest BCUT2D eigenvalue weighted by atomic mass is 32.2. The molecule has 0 aliphatic carbocycles. The second-order valence-corrected chi connectivity index (χ2v) is 7.90. The number of aromatic nitrogens is 4. The average Bonchev–Trinajstić information content (AvgIpc) is 3.00. The zero-order chi connectivity index (χ0) is 19.1. The summed E-state index contributed by atoms with van der Waals surface area (Å²) >= 11 is 1.37. The van der Waals surface area contributed by atoms with E-state index in [1.807, 2.05) is 31.2 Å². The number of hydrogen-bond donors (Lipinski definition) is 1. The topological polar surface area (TPSA) is 89.8 Å². The highest BCUT2D eigenvalue weighted by Gasteiger charge is 2.20. The second kappa shape index (κ2) is 9.47.